The van der Waals surface area contributed by atoms with E-state index in [1.807, 2.05) is 108 Å². The minimum Gasteiger partial charge on any atom is -1.00 e. The van der Waals surface area contributed by atoms with Crippen LogP contribution in [0.5, 0.6) is 5.75 Å². The van der Waals surface area contributed by atoms with Crippen LogP contribution in [0.15, 0.2) is 298 Å². The van der Waals surface area contributed by atoms with Gasteiger partial charge in [0.1, 0.15) is 30.7 Å². The molecule has 24 heteroatoms. The van der Waals surface area contributed by atoms with Gasteiger partial charge in [-0.25, -0.2) is 9.67 Å². The first-order valence-corrected chi connectivity index (χ1v) is 34.1. The van der Waals surface area contributed by atoms with Crippen LogP contribution in [0.3, 0.4) is 0 Å². The Bertz CT molecular complexity index is 4310. The van der Waals surface area contributed by atoms with Crippen LogP contribution in [0.2, 0.25) is 0 Å². The summed E-state index contributed by atoms with van der Waals surface area (Å²) >= 11 is 1.58. The molecule has 6 aromatic carbocycles. The summed E-state index contributed by atoms with van der Waals surface area (Å²) in [6, 6.07) is 78.8. The molecule has 0 aliphatic heterocycles. The number of thiazole rings is 1. The number of hydrogen-bond donors (Lipinski definition) is 0. The Labute approximate surface area is 631 Å². The molecule has 15 aromatic rings. The Hall–Kier alpha value is -8.86. The van der Waals surface area contributed by atoms with Crippen molar-refractivity contribution in [2.75, 3.05) is 19.4 Å². The van der Waals surface area contributed by atoms with Crippen molar-refractivity contribution in [1.82, 2.24) is 69.4 Å². The van der Waals surface area contributed by atoms with Crippen molar-refractivity contribution in [3.05, 3.63) is 334 Å². The Kier molecular flexibility index (Phi) is 34.8. The number of ether oxygens (including phenoxy) is 1. The molecule has 0 unspecified atom stereocenters. The van der Waals surface area contributed by atoms with E-state index in [0.717, 1.165) is 51.6 Å². The standard InChI is InChI=1S/C26H24P2.C13H9N4.C12H8F2NO.C9H8N3.C8H5N2S.C7H5N4.BrH.3Ir/c1-5-13-23(14-6-1)27(24-15-7-2-8-16-24)21-22-28(25-17-9-3-10-18-25)26-19-11-4-12-20-26;1-2-6-10(7-3-1)12-15-13(17-16-12)11-8-4-5-9-14-11;1-16-9-4-5-15-12(7-9)10-3-2-8(13)6-11(10)14;1-12-6-9(11-7-12)8-3-2-4-10-5-8;1-2-7(4-9-3-1)8-5-11-6-10-8;1-2-7(4-8-3-1)11-6-9-5-10-11;;;;/h1-20H,21-22H2;1-9H;2,4-7H,1H3;2-4,6-7H,1H3;2*1-3,5-6H;1H;;;/q;5*-1;;;;/p+1. The van der Waals surface area contributed by atoms with Crippen LogP contribution in [0.25, 0.3) is 62.4 Å². The molecule has 0 aliphatic carbocycles. The molecule has 0 spiro atoms. The van der Waals surface area contributed by atoms with Crippen LogP contribution in [-0.2, 0) is 67.4 Å². The van der Waals surface area contributed by atoms with Crippen LogP contribution in [0.1, 0.15) is 0 Å². The first-order chi connectivity index (χ1) is 46.8. The van der Waals surface area contributed by atoms with Gasteiger partial charge in [-0.3, -0.25) is 28.8 Å². The SMILES string of the molecule is COc1ccnc(-c2[c-]cc(F)cc2F)c1.Cn1cnc(-c2[c-]nccc2)c1.[Br-].[Ir].[Ir].[Ir].[c-]1ncccc1-c1cscn1.[c-]1ncccc1-n1cncn1.c1ccc(-c2n[n-]c(-c3ccccn3)n2)cc1.c1ccc([PH+](CC[PH+](c2ccccc2)c2ccccc2)c2ccccc2)cc1. The molecule has 0 atom stereocenters. The van der Waals surface area contributed by atoms with Gasteiger partial charge in [0.2, 0.25) is 0 Å². The maximum absolute atomic E-state index is 13.4. The zero-order chi connectivity index (χ0) is 65.5. The fourth-order valence-electron chi connectivity index (χ4n) is 9.20. The van der Waals surface area contributed by atoms with Gasteiger partial charge in [0.15, 0.2) is 0 Å². The third-order valence-corrected chi connectivity index (χ3v) is 20.4. The number of hydrogen-bond acceptors (Lipinski definition) is 13. The van der Waals surface area contributed by atoms with Crippen molar-refractivity contribution in [1.29, 1.82) is 0 Å². The van der Waals surface area contributed by atoms with Gasteiger partial charge in [0.25, 0.3) is 0 Å². The van der Waals surface area contributed by atoms with Crippen molar-refractivity contribution in [2.24, 2.45) is 7.05 Å². The Morgan fingerprint density at radius 3 is 1.55 bits per heavy atom. The maximum atomic E-state index is 13.4. The fourth-order valence-corrected chi connectivity index (χ4v) is 16.0. The summed E-state index contributed by atoms with van der Waals surface area (Å²) in [7, 11) is 1.87. The van der Waals surface area contributed by atoms with E-state index in [4.69, 9.17) is 4.74 Å². The number of rotatable bonds is 14. The first-order valence-electron chi connectivity index (χ1n) is 29.7. The Balaban J connectivity index is 0.000000192. The first kappa shape index (κ1) is 79.1. The average molecular weight is 1960 g/mol. The van der Waals surface area contributed by atoms with Crippen molar-refractivity contribution in [3.63, 3.8) is 0 Å². The van der Waals surface area contributed by atoms with E-state index in [9.17, 15) is 8.78 Å². The normalized spacial score (nSPS) is 9.96. The van der Waals surface area contributed by atoms with Gasteiger partial charge in [-0.05, 0) is 120 Å². The molecule has 0 aliphatic rings. The van der Waals surface area contributed by atoms with E-state index in [-0.39, 0.29) is 82.9 Å². The van der Waals surface area contributed by atoms with Crippen LogP contribution in [0, 0.1) is 36.3 Å². The van der Waals surface area contributed by atoms with Crippen LogP contribution < -0.4 is 48.0 Å². The number of nitrogens with zero attached hydrogens (tertiary/aromatic N) is 14. The molecule has 3 radical (unpaired) electrons. The summed E-state index contributed by atoms with van der Waals surface area (Å²) in [5.41, 5.74) is 8.52. The van der Waals surface area contributed by atoms with Crippen molar-refractivity contribution >= 4 is 48.4 Å². The van der Waals surface area contributed by atoms with Gasteiger partial charge >= 0.3 is 0 Å². The molecule has 0 fully saturated rings. The Morgan fingerprint density at radius 1 is 0.535 bits per heavy atom. The predicted octanol–water partition coefficient (Wildman–Crippen LogP) is 10.5. The van der Waals surface area contributed by atoms with Crippen LogP contribution >= 0.6 is 27.2 Å². The minimum atomic E-state index is -0.783. The zero-order valence-corrected chi connectivity index (χ0v) is 64.5. The van der Waals surface area contributed by atoms with E-state index < -0.39 is 27.5 Å². The topological polar surface area (TPSA) is 175 Å². The minimum absolute atomic E-state index is 0. The molecular weight excluding hydrogens is 1900 g/mol. The van der Waals surface area contributed by atoms with E-state index in [1.165, 1.54) is 53.2 Å². The summed E-state index contributed by atoms with van der Waals surface area (Å²) in [4.78, 5) is 36.2. The number of aryl methyl sites for hydroxylation is 1. The second kappa shape index (κ2) is 43.5. The number of halogens is 3. The molecule has 99 heavy (non-hydrogen) atoms. The molecule has 9 aromatic heterocycles. The second-order valence-corrected chi connectivity index (χ2v) is 26.1. The summed E-state index contributed by atoms with van der Waals surface area (Å²) < 4.78 is 34.6. The monoisotopic (exact) mass is 1960 g/mol. The van der Waals surface area contributed by atoms with Gasteiger partial charge in [-0.15, -0.1) is 64.9 Å². The number of pyridine rings is 5. The molecule has 0 saturated carbocycles. The fraction of sp³-hybridized carbons (Fsp3) is 0.0533. The molecule has 15 rings (SSSR count). The third-order valence-electron chi connectivity index (χ3n) is 13.7. The smallest absolute Gasteiger partial charge is 0.138 e. The van der Waals surface area contributed by atoms with Crippen LogP contribution in [-0.4, -0.2) is 83.7 Å². The molecule has 0 saturated heterocycles. The molecule has 0 amide bonds. The molecule has 0 bridgehead atoms. The second-order valence-electron chi connectivity index (χ2n) is 20.2. The maximum Gasteiger partial charge on any atom is 0.138 e. The van der Waals surface area contributed by atoms with E-state index >= 15 is 0 Å². The summed E-state index contributed by atoms with van der Waals surface area (Å²) in [5, 5.41) is 20.1. The Morgan fingerprint density at radius 2 is 1.08 bits per heavy atom. The average Bonchev–Trinajstić information content (AvgIpc) is 1.30. The van der Waals surface area contributed by atoms with Gasteiger partial charge in [0, 0.05) is 103 Å². The van der Waals surface area contributed by atoms with Crippen LogP contribution in [0.4, 0.5) is 8.78 Å². The van der Waals surface area contributed by atoms with Crippen molar-refractivity contribution in [2.45, 2.75) is 0 Å². The van der Waals surface area contributed by atoms with Gasteiger partial charge in [-0.1, -0.05) is 146 Å². The van der Waals surface area contributed by atoms with Gasteiger partial charge in [0.05, 0.1) is 67.5 Å². The molecule has 0 N–H and O–H groups in total. The predicted molar refractivity (Wildman–Crippen MR) is 377 cm³/mol. The number of methoxy groups -OCH3 is 1. The van der Waals surface area contributed by atoms with Gasteiger partial charge < -0.3 is 56.3 Å². The van der Waals surface area contributed by atoms with E-state index in [0.29, 0.717) is 23.1 Å². The number of imidazole rings is 1. The molecule has 15 nitrogen and oxygen atoms in total. The largest absolute Gasteiger partial charge is 1.00 e. The molecule has 505 valence electrons. The number of benzene rings is 6. The van der Waals surface area contributed by atoms with Crippen molar-refractivity contribution < 1.29 is 90.8 Å². The summed E-state index contributed by atoms with van der Waals surface area (Å²) in [6.07, 6.45) is 26.1. The zero-order valence-electron chi connectivity index (χ0n) is 52.9. The van der Waals surface area contributed by atoms with E-state index in [1.54, 1.807) is 71.1 Å². The third kappa shape index (κ3) is 24.8. The van der Waals surface area contributed by atoms with E-state index in [2.05, 4.69) is 206 Å². The number of aromatic nitrogens is 14. The quantitative estimate of drug-likeness (QED) is 0.0744. The van der Waals surface area contributed by atoms with Crippen molar-refractivity contribution in [3.8, 4) is 68.1 Å². The van der Waals surface area contributed by atoms with Gasteiger partial charge in [-0.2, -0.15) is 11.2 Å². The molecular formula is C75H61BrF2Ir3N14OP2S-4. The summed E-state index contributed by atoms with van der Waals surface area (Å²) in [5.74, 6) is 0.391. The summed E-state index contributed by atoms with van der Waals surface area (Å²) in [6.45, 7) is 0. The molecule has 9 heterocycles.